The fourth-order valence-corrected chi connectivity index (χ4v) is 2.93. The molecule has 2 rings (SSSR count). The summed E-state index contributed by atoms with van der Waals surface area (Å²) in [6, 6.07) is 12.8. The van der Waals surface area contributed by atoms with Crippen molar-refractivity contribution < 1.29 is 4.79 Å². The summed E-state index contributed by atoms with van der Waals surface area (Å²) >= 11 is 9.36. The maximum atomic E-state index is 12.6. The first kappa shape index (κ1) is 15.9. The van der Waals surface area contributed by atoms with E-state index in [1.807, 2.05) is 31.2 Å². The molecule has 2 aromatic rings. The van der Waals surface area contributed by atoms with Gasteiger partial charge in [0.25, 0.3) is 5.91 Å². The van der Waals surface area contributed by atoms with Gasteiger partial charge in [-0.2, -0.15) is 0 Å². The molecule has 1 amide bonds. The second kappa shape index (κ2) is 6.96. The van der Waals surface area contributed by atoms with E-state index in [2.05, 4.69) is 15.9 Å². The van der Waals surface area contributed by atoms with Crippen molar-refractivity contribution in [1.82, 2.24) is 4.90 Å². The summed E-state index contributed by atoms with van der Waals surface area (Å²) in [5.41, 5.74) is 8.13. The molecule has 0 aliphatic rings. The van der Waals surface area contributed by atoms with E-state index < -0.39 is 0 Å². The SMILES string of the molecule is CCN(Cc1ccccc1N)C(=O)c1cc(Cl)cc(Br)c1. The van der Waals surface area contributed by atoms with Crippen LogP contribution in [0.25, 0.3) is 0 Å². The fourth-order valence-electron chi connectivity index (χ4n) is 2.07. The van der Waals surface area contributed by atoms with Gasteiger partial charge < -0.3 is 10.6 Å². The molecule has 0 saturated heterocycles. The van der Waals surface area contributed by atoms with Crippen LogP contribution in [0.5, 0.6) is 0 Å². The Morgan fingerprint density at radius 2 is 2.00 bits per heavy atom. The first-order valence-electron chi connectivity index (χ1n) is 6.60. The lowest BCUT2D eigenvalue weighted by Gasteiger charge is -2.22. The summed E-state index contributed by atoms with van der Waals surface area (Å²) in [5.74, 6) is -0.0658. The summed E-state index contributed by atoms with van der Waals surface area (Å²) in [4.78, 5) is 14.3. The van der Waals surface area contributed by atoms with Crippen molar-refractivity contribution in [3.05, 3.63) is 63.1 Å². The minimum absolute atomic E-state index is 0.0658. The summed E-state index contributed by atoms with van der Waals surface area (Å²) in [7, 11) is 0. The number of hydrogen-bond acceptors (Lipinski definition) is 2. The highest BCUT2D eigenvalue weighted by Crippen LogP contribution is 2.22. The highest BCUT2D eigenvalue weighted by atomic mass is 79.9. The van der Waals surface area contributed by atoms with Gasteiger partial charge in [-0.1, -0.05) is 45.7 Å². The fraction of sp³-hybridized carbons (Fsp3) is 0.188. The Balaban J connectivity index is 2.24. The van der Waals surface area contributed by atoms with E-state index in [0.29, 0.717) is 29.4 Å². The monoisotopic (exact) mass is 366 g/mol. The Kier molecular flexibility index (Phi) is 5.26. The minimum atomic E-state index is -0.0658. The second-order valence-electron chi connectivity index (χ2n) is 4.68. The molecule has 2 aromatic carbocycles. The number of nitrogen functional groups attached to an aromatic ring is 1. The summed E-state index contributed by atoms with van der Waals surface area (Å²) in [6.45, 7) is 3.01. The lowest BCUT2D eigenvalue weighted by Crippen LogP contribution is -2.30. The van der Waals surface area contributed by atoms with Crippen molar-refractivity contribution >= 4 is 39.1 Å². The number of nitrogens with zero attached hydrogens (tertiary/aromatic N) is 1. The largest absolute Gasteiger partial charge is 0.398 e. The van der Waals surface area contributed by atoms with Crippen LogP contribution in [0.1, 0.15) is 22.8 Å². The van der Waals surface area contributed by atoms with Gasteiger partial charge in [0.1, 0.15) is 0 Å². The standard InChI is InChI=1S/C16H16BrClN2O/c1-2-20(10-11-5-3-4-6-15(11)19)16(21)12-7-13(17)9-14(18)8-12/h3-9H,2,10,19H2,1H3. The van der Waals surface area contributed by atoms with E-state index in [1.54, 1.807) is 23.1 Å². The van der Waals surface area contributed by atoms with Gasteiger partial charge in [-0.3, -0.25) is 4.79 Å². The molecule has 0 heterocycles. The smallest absolute Gasteiger partial charge is 0.254 e. The molecule has 0 aliphatic carbocycles. The maximum Gasteiger partial charge on any atom is 0.254 e. The van der Waals surface area contributed by atoms with Gasteiger partial charge in [0.05, 0.1) is 0 Å². The van der Waals surface area contributed by atoms with Crippen LogP contribution in [-0.2, 0) is 6.54 Å². The molecule has 110 valence electrons. The molecule has 0 aliphatic heterocycles. The molecule has 3 nitrogen and oxygen atoms in total. The number of para-hydroxylation sites is 1. The highest BCUT2D eigenvalue weighted by Gasteiger charge is 2.16. The molecule has 0 saturated carbocycles. The van der Waals surface area contributed by atoms with Crippen LogP contribution in [0.3, 0.4) is 0 Å². The lowest BCUT2D eigenvalue weighted by atomic mass is 10.1. The van der Waals surface area contributed by atoms with Gasteiger partial charge in [0.2, 0.25) is 0 Å². The zero-order chi connectivity index (χ0) is 15.4. The summed E-state index contributed by atoms with van der Waals surface area (Å²) < 4.78 is 0.786. The van der Waals surface area contributed by atoms with Gasteiger partial charge >= 0.3 is 0 Å². The number of amides is 1. The zero-order valence-electron chi connectivity index (χ0n) is 11.6. The molecule has 0 spiro atoms. The number of hydrogen-bond donors (Lipinski definition) is 1. The number of carbonyl (C=O) groups is 1. The number of nitrogens with two attached hydrogens (primary N) is 1. The summed E-state index contributed by atoms with van der Waals surface area (Å²) in [6.07, 6.45) is 0. The third-order valence-electron chi connectivity index (χ3n) is 3.19. The van der Waals surface area contributed by atoms with Crippen LogP contribution in [0.15, 0.2) is 46.9 Å². The Morgan fingerprint density at radius 1 is 1.29 bits per heavy atom. The topological polar surface area (TPSA) is 46.3 Å². The van der Waals surface area contributed by atoms with Crippen molar-refractivity contribution in [1.29, 1.82) is 0 Å². The van der Waals surface area contributed by atoms with Gasteiger partial charge in [0.15, 0.2) is 0 Å². The van der Waals surface area contributed by atoms with Crippen LogP contribution < -0.4 is 5.73 Å². The Bertz CT molecular complexity index is 640. The predicted octanol–water partition coefficient (Wildman–Crippen LogP) is 4.35. The third-order valence-corrected chi connectivity index (χ3v) is 3.87. The summed E-state index contributed by atoms with van der Waals surface area (Å²) in [5, 5.41) is 0.531. The van der Waals surface area contributed by atoms with Gasteiger partial charge in [-0.15, -0.1) is 0 Å². The Labute approximate surface area is 137 Å². The molecule has 5 heteroatoms. The quantitative estimate of drug-likeness (QED) is 0.817. The van der Waals surface area contributed by atoms with Crippen LogP contribution in [0.4, 0.5) is 5.69 Å². The van der Waals surface area contributed by atoms with E-state index in [1.165, 1.54) is 0 Å². The van der Waals surface area contributed by atoms with Crippen LogP contribution >= 0.6 is 27.5 Å². The molecular formula is C16H16BrClN2O. The van der Waals surface area contributed by atoms with Crippen molar-refractivity contribution in [2.75, 3.05) is 12.3 Å². The average Bonchev–Trinajstić information content (AvgIpc) is 2.44. The first-order valence-corrected chi connectivity index (χ1v) is 7.77. The Morgan fingerprint density at radius 3 is 2.62 bits per heavy atom. The minimum Gasteiger partial charge on any atom is -0.398 e. The van der Waals surface area contributed by atoms with E-state index in [0.717, 1.165) is 10.0 Å². The van der Waals surface area contributed by atoms with Crippen molar-refractivity contribution in [3.8, 4) is 0 Å². The van der Waals surface area contributed by atoms with E-state index in [4.69, 9.17) is 17.3 Å². The molecule has 21 heavy (non-hydrogen) atoms. The lowest BCUT2D eigenvalue weighted by molar-refractivity contribution is 0.0753. The number of anilines is 1. The number of rotatable bonds is 4. The van der Waals surface area contributed by atoms with Gasteiger partial charge in [0, 0.05) is 33.8 Å². The maximum absolute atomic E-state index is 12.6. The predicted molar refractivity (Wildman–Crippen MR) is 90.4 cm³/mol. The van der Waals surface area contributed by atoms with Crippen LogP contribution in [0, 0.1) is 0 Å². The number of benzene rings is 2. The van der Waals surface area contributed by atoms with E-state index in [9.17, 15) is 4.79 Å². The normalized spacial score (nSPS) is 10.4. The van der Waals surface area contributed by atoms with Crippen LogP contribution in [0.2, 0.25) is 5.02 Å². The van der Waals surface area contributed by atoms with Crippen LogP contribution in [-0.4, -0.2) is 17.4 Å². The van der Waals surface area contributed by atoms with E-state index >= 15 is 0 Å². The third kappa shape index (κ3) is 3.99. The number of halogens is 2. The number of carbonyl (C=O) groups excluding carboxylic acids is 1. The molecule has 0 bridgehead atoms. The molecule has 0 unspecified atom stereocenters. The molecule has 0 fully saturated rings. The Hall–Kier alpha value is -1.52. The van der Waals surface area contributed by atoms with Crippen molar-refractivity contribution in [3.63, 3.8) is 0 Å². The van der Waals surface area contributed by atoms with E-state index in [-0.39, 0.29) is 5.91 Å². The van der Waals surface area contributed by atoms with Gasteiger partial charge in [-0.05, 0) is 36.8 Å². The second-order valence-corrected chi connectivity index (χ2v) is 6.03. The first-order chi connectivity index (χ1) is 10.0. The average molecular weight is 368 g/mol. The van der Waals surface area contributed by atoms with Gasteiger partial charge in [-0.25, -0.2) is 0 Å². The molecule has 0 aromatic heterocycles. The zero-order valence-corrected chi connectivity index (χ0v) is 14.0. The highest BCUT2D eigenvalue weighted by molar-refractivity contribution is 9.10. The van der Waals surface area contributed by atoms with Crippen molar-refractivity contribution in [2.24, 2.45) is 0 Å². The molecular weight excluding hydrogens is 352 g/mol. The van der Waals surface area contributed by atoms with Crippen molar-refractivity contribution in [2.45, 2.75) is 13.5 Å². The molecule has 2 N–H and O–H groups in total. The molecule has 0 atom stereocenters. The molecule has 0 radical (unpaired) electrons.